The molecule has 170 valence electrons. The summed E-state index contributed by atoms with van der Waals surface area (Å²) in [4.78, 5) is 30.8. The van der Waals surface area contributed by atoms with Gasteiger partial charge >= 0.3 is 0 Å². The Bertz CT molecular complexity index is 1620. The molecule has 5 rings (SSSR count). The highest BCUT2D eigenvalue weighted by molar-refractivity contribution is 7.15. The standard InChI is InChI=1S/C26H21N3O4S/c1-16-10-12-18(13-11-16)27-23(30)15-33-24-17(6-5-9-21(24)32-2)14-22-25(31)29-20-8-4-3-7-19(20)28-26(29)34-22/h3-14H,15H2,1-2H3,(H,27,30)/b22-14-. The molecule has 34 heavy (non-hydrogen) atoms. The first kappa shape index (κ1) is 21.7. The second-order valence-electron chi connectivity index (χ2n) is 7.72. The van der Waals surface area contributed by atoms with Crippen molar-refractivity contribution in [3.05, 3.63) is 92.7 Å². The lowest BCUT2D eigenvalue weighted by Gasteiger charge is -2.13. The molecule has 0 radical (unpaired) electrons. The van der Waals surface area contributed by atoms with Crippen LogP contribution in [0.4, 0.5) is 5.69 Å². The summed E-state index contributed by atoms with van der Waals surface area (Å²) in [7, 11) is 1.53. The number of rotatable bonds is 6. The molecule has 5 aromatic rings. The van der Waals surface area contributed by atoms with Crippen LogP contribution in [-0.4, -0.2) is 29.0 Å². The minimum absolute atomic E-state index is 0.153. The Morgan fingerprint density at radius 3 is 2.68 bits per heavy atom. The van der Waals surface area contributed by atoms with E-state index in [1.807, 2.05) is 67.6 Å². The molecule has 0 unspecified atom stereocenters. The van der Waals surface area contributed by atoms with Gasteiger partial charge in [-0.2, -0.15) is 0 Å². The van der Waals surface area contributed by atoms with E-state index < -0.39 is 0 Å². The Labute approximate surface area is 198 Å². The van der Waals surface area contributed by atoms with Gasteiger partial charge in [0.05, 0.1) is 22.7 Å². The van der Waals surface area contributed by atoms with E-state index in [2.05, 4.69) is 10.3 Å². The highest BCUT2D eigenvalue weighted by Crippen LogP contribution is 2.31. The number of amides is 1. The summed E-state index contributed by atoms with van der Waals surface area (Å²) < 4.78 is 13.4. The summed E-state index contributed by atoms with van der Waals surface area (Å²) in [5.74, 6) is 0.557. The molecule has 8 heteroatoms. The predicted molar refractivity (Wildman–Crippen MR) is 134 cm³/mol. The normalized spacial score (nSPS) is 11.8. The lowest BCUT2D eigenvalue weighted by molar-refractivity contribution is -0.118. The van der Waals surface area contributed by atoms with Gasteiger partial charge < -0.3 is 14.8 Å². The molecule has 0 saturated heterocycles. The van der Waals surface area contributed by atoms with Gasteiger partial charge in [0.25, 0.3) is 11.5 Å². The van der Waals surface area contributed by atoms with E-state index in [0.29, 0.717) is 32.2 Å². The molecule has 3 aromatic carbocycles. The summed E-state index contributed by atoms with van der Waals surface area (Å²) in [5, 5.41) is 2.81. The Morgan fingerprint density at radius 2 is 1.88 bits per heavy atom. The van der Waals surface area contributed by atoms with Crippen LogP contribution in [0.5, 0.6) is 11.5 Å². The number of para-hydroxylation sites is 3. The zero-order valence-electron chi connectivity index (χ0n) is 18.6. The second-order valence-corrected chi connectivity index (χ2v) is 8.72. The molecule has 2 heterocycles. The second kappa shape index (κ2) is 8.99. The number of carbonyl (C=O) groups excluding carboxylic acids is 1. The van der Waals surface area contributed by atoms with E-state index >= 15 is 0 Å². The van der Waals surface area contributed by atoms with E-state index in [9.17, 15) is 9.59 Å². The number of imidazole rings is 1. The first-order valence-electron chi connectivity index (χ1n) is 10.6. The van der Waals surface area contributed by atoms with Crippen LogP contribution in [0.3, 0.4) is 0 Å². The maximum absolute atomic E-state index is 13.1. The molecular formula is C26H21N3O4S. The number of methoxy groups -OCH3 is 1. The van der Waals surface area contributed by atoms with Gasteiger partial charge in [-0.05, 0) is 43.3 Å². The summed E-state index contributed by atoms with van der Waals surface area (Å²) in [5.41, 5.74) is 3.83. The minimum Gasteiger partial charge on any atom is -0.493 e. The molecule has 7 nitrogen and oxygen atoms in total. The lowest BCUT2D eigenvalue weighted by Crippen LogP contribution is -2.23. The third-order valence-corrected chi connectivity index (χ3v) is 6.31. The molecule has 2 aromatic heterocycles. The molecule has 1 amide bonds. The molecule has 1 N–H and O–H groups in total. The molecule has 0 spiro atoms. The number of hydrogen-bond donors (Lipinski definition) is 1. The van der Waals surface area contributed by atoms with Crippen LogP contribution in [-0.2, 0) is 4.79 Å². The average Bonchev–Trinajstić information content (AvgIpc) is 3.35. The van der Waals surface area contributed by atoms with Crippen LogP contribution in [0.2, 0.25) is 0 Å². The number of hydrogen-bond acceptors (Lipinski definition) is 6. The van der Waals surface area contributed by atoms with Gasteiger partial charge in [0.2, 0.25) is 0 Å². The quantitative estimate of drug-likeness (QED) is 0.408. The minimum atomic E-state index is -0.300. The van der Waals surface area contributed by atoms with Gasteiger partial charge in [-0.25, -0.2) is 9.38 Å². The van der Waals surface area contributed by atoms with Gasteiger partial charge in [0.1, 0.15) is 0 Å². The summed E-state index contributed by atoms with van der Waals surface area (Å²) in [6.07, 6.45) is 1.74. The van der Waals surface area contributed by atoms with E-state index in [-0.39, 0.29) is 18.1 Å². The van der Waals surface area contributed by atoms with Gasteiger partial charge in [-0.3, -0.25) is 9.59 Å². The Balaban J connectivity index is 1.46. The number of nitrogens with one attached hydrogen (secondary N) is 1. The van der Waals surface area contributed by atoms with Crippen LogP contribution in [0.15, 0.2) is 71.5 Å². The summed E-state index contributed by atoms with van der Waals surface area (Å²) in [6, 6.07) is 20.4. The van der Waals surface area contributed by atoms with Crippen LogP contribution < -0.4 is 24.9 Å². The molecular weight excluding hydrogens is 450 g/mol. The maximum atomic E-state index is 13.1. The molecule has 0 bridgehead atoms. The zero-order valence-corrected chi connectivity index (χ0v) is 19.4. The van der Waals surface area contributed by atoms with Crippen molar-refractivity contribution in [1.29, 1.82) is 0 Å². The number of thiazole rings is 1. The third-order valence-electron chi connectivity index (χ3n) is 5.34. The van der Waals surface area contributed by atoms with Crippen LogP contribution >= 0.6 is 11.3 Å². The van der Waals surface area contributed by atoms with Gasteiger partial charge in [-0.1, -0.05) is 53.3 Å². The zero-order chi connectivity index (χ0) is 23.7. The Kier molecular flexibility index (Phi) is 5.73. The fraction of sp³-hybridized carbons (Fsp3) is 0.115. The molecule has 0 saturated carbocycles. The molecule has 0 aliphatic rings. The first-order valence-corrected chi connectivity index (χ1v) is 11.4. The number of carbonyl (C=O) groups is 1. The molecule has 0 fully saturated rings. The maximum Gasteiger partial charge on any atom is 0.274 e. The first-order chi connectivity index (χ1) is 16.5. The third kappa shape index (κ3) is 4.11. The lowest BCUT2D eigenvalue weighted by atomic mass is 10.1. The monoisotopic (exact) mass is 471 g/mol. The van der Waals surface area contributed by atoms with Crippen LogP contribution in [0.1, 0.15) is 11.1 Å². The van der Waals surface area contributed by atoms with Crippen molar-refractivity contribution < 1.29 is 14.3 Å². The summed E-state index contributed by atoms with van der Waals surface area (Å²) >= 11 is 1.30. The number of anilines is 1. The van der Waals surface area contributed by atoms with E-state index in [4.69, 9.17) is 9.47 Å². The summed E-state index contributed by atoms with van der Waals surface area (Å²) in [6.45, 7) is 1.77. The highest BCUT2D eigenvalue weighted by Gasteiger charge is 2.14. The number of benzene rings is 3. The smallest absolute Gasteiger partial charge is 0.274 e. The van der Waals surface area contributed by atoms with Crippen molar-refractivity contribution >= 4 is 45.0 Å². The fourth-order valence-electron chi connectivity index (χ4n) is 3.69. The van der Waals surface area contributed by atoms with Crippen molar-refractivity contribution in [2.24, 2.45) is 0 Å². The van der Waals surface area contributed by atoms with Crippen molar-refractivity contribution in [1.82, 2.24) is 9.38 Å². The number of ether oxygens (including phenoxy) is 2. The van der Waals surface area contributed by atoms with Crippen molar-refractivity contribution in [2.45, 2.75) is 6.92 Å². The van der Waals surface area contributed by atoms with Gasteiger partial charge in [0.15, 0.2) is 23.1 Å². The molecule has 0 aliphatic heterocycles. The van der Waals surface area contributed by atoms with Crippen molar-refractivity contribution in [2.75, 3.05) is 19.0 Å². The van der Waals surface area contributed by atoms with E-state index in [1.54, 1.807) is 16.5 Å². The fourth-order valence-corrected chi connectivity index (χ4v) is 4.66. The topological polar surface area (TPSA) is 81.9 Å². The number of fused-ring (bicyclic) bond motifs is 3. The van der Waals surface area contributed by atoms with Gasteiger partial charge in [-0.15, -0.1) is 0 Å². The molecule has 0 atom stereocenters. The number of nitrogens with zero attached hydrogens (tertiary/aromatic N) is 2. The predicted octanol–water partition coefficient (Wildman–Crippen LogP) is 3.79. The highest BCUT2D eigenvalue weighted by atomic mass is 32.1. The van der Waals surface area contributed by atoms with Crippen LogP contribution in [0.25, 0.3) is 22.1 Å². The number of aromatic nitrogens is 2. The largest absolute Gasteiger partial charge is 0.493 e. The SMILES string of the molecule is COc1cccc(/C=c2\sc3nc4ccccc4n3c2=O)c1OCC(=O)Nc1ccc(C)cc1. The van der Waals surface area contributed by atoms with Crippen molar-refractivity contribution in [3.63, 3.8) is 0 Å². The van der Waals surface area contributed by atoms with E-state index in [1.165, 1.54) is 18.4 Å². The van der Waals surface area contributed by atoms with E-state index in [0.717, 1.165) is 16.6 Å². The Morgan fingerprint density at radius 1 is 1.09 bits per heavy atom. The van der Waals surface area contributed by atoms with Crippen molar-refractivity contribution in [3.8, 4) is 11.5 Å². The van der Waals surface area contributed by atoms with Crippen LogP contribution in [0, 0.1) is 6.92 Å². The van der Waals surface area contributed by atoms with Gasteiger partial charge in [0, 0.05) is 11.3 Å². The number of aryl methyl sites for hydroxylation is 1. The molecule has 0 aliphatic carbocycles. The Hall–Kier alpha value is -4.17. The average molecular weight is 472 g/mol.